The van der Waals surface area contributed by atoms with E-state index in [-0.39, 0.29) is 17.4 Å². The normalized spacial score (nSPS) is 15.3. The third kappa shape index (κ3) is 3.60. The summed E-state index contributed by atoms with van der Waals surface area (Å²) < 4.78 is 0. The topological polar surface area (TPSA) is 100 Å². The van der Waals surface area contributed by atoms with E-state index in [4.69, 9.17) is 5.73 Å². The van der Waals surface area contributed by atoms with Crippen LogP contribution in [0.4, 0.5) is 11.6 Å². The van der Waals surface area contributed by atoms with Crippen LogP contribution in [0.2, 0.25) is 0 Å². The predicted octanol–water partition coefficient (Wildman–Crippen LogP) is 0.136. The van der Waals surface area contributed by atoms with Crippen LogP contribution in [-0.2, 0) is 6.54 Å². The number of anilines is 2. The highest BCUT2D eigenvalue weighted by molar-refractivity contribution is 5.96. The molecule has 8 nitrogen and oxygen atoms in total. The summed E-state index contributed by atoms with van der Waals surface area (Å²) in [5.74, 6) is 0.701. The molecule has 0 bridgehead atoms. The number of nitrogens with two attached hydrogens (primary N) is 1. The van der Waals surface area contributed by atoms with Crippen LogP contribution < -0.4 is 16.0 Å². The van der Waals surface area contributed by atoms with Crippen molar-refractivity contribution in [1.29, 1.82) is 0 Å². The Labute approximate surface area is 140 Å². The van der Waals surface area contributed by atoms with Gasteiger partial charge in [-0.05, 0) is 13.1 Å². The average molecular weight is 327 g/mol. The van der Waals surface area contributed by atoms with Gasteiger partial charge in [-0.2, -0.15) is 0 Å². The average Bonchev–Trinajstić information content (AvgIpc) is 2.61. The first-order chi connectivity index (χ1) is 11.6. The Morgan fingerprint density at radius 3 is 2.67 bits per heavy atom. The molecule has 24 heavy (non-hydrogen) atoms. The number of carbonyl (C=O) groups excluding carboxylic acids is 1. The Kier molecular flexibility index (Phi) is 4.85. The zero-order valence-corrected chi connectivity index (χ0v) is 13.6. The molecule has 0 spiro atoms. The van der Waals surface area contributed by atoms with Gasteiger partial charge in [-0.3, -0.25) is 4.79 Å². The lowest BCUT2D eigenvalue weighted by Gasteiger charge is -2.34. The molecule has 0 aliphatic carbocycles. The van der Waals surface area contributed by atoms with Crippen molar-refractivity contribution in [2.24, 2.45) is 0 Å². The minimum absolute atomic E-state index is 0.125. The van der Waals surface area contributed by atoms with Gasteiger partial charge in [-0.1, -0.05) is 6.07 Å². The van der Waals surface area contributed by atoms with Gasteiger partial charge in [0.25, 0.3) is 5.91 Å². The number of likely N-dealkylation sites (N-methyl/N-ethyl adjacent to an activating group) is 1. The van der Waals surface area contributed by atoms with Crippen LogP contribution in [-0.4, -0.2) is 59.0 Å². The zero-order chi connectivity index (χ0) is 16.9. The molecule has 1 aliphatic heterocycles. The third-order valence-corrected chi connectivity index (χ3v) is 4.05. The monoisotopic (exact) mass is 327 g/mol. The van der Waals surface area contributed by atoms with E-state index in [1.165, 1.54) is 12.4 Å². The van der Waals surface area contributed by atoms with Gasteiger partial charge in [0.15, 0.2) is 11.5 Å². The highest BCUT2D eigenvalue weighted by atomic mass is 16.1. The highest BCUT2D eigenvalue weighted by Gasteiger charge is 2.19. The molecule has 1 aliphatic rings. The molecule has 2 aromatic heterocycles. The number of piperazine rings is 1. The maximum atomic E-state index is 12.2. The van der Waals surface area contributed by atoms with Gasteiger partial charge >= 0.3 is 0 Å². The zero-order valence-electron chi connectivity index (χ0n) is 13.6. The van der Waals surface area contributed by atoms with Gasteiger partial charge in [0.2, 0.25) is 0 Å². The van der Waals surface area contributed by atoms with Crippen LogP contribution in [0.5, 0.6) is 0 Å². The smallest absolute Gasteiger partial charge is 0.273 e. The number of nitrogens with zero attached hydrogens (tertiary/aromatic N) is 5. The predicted molar refractivity (Wildman–Crippen MR) is 91.6 cm³/mol. The van der Waals surface area contributed by atoms with E-state index in [1.807, 2.05) is 12.1 Å². The van der Waals surface area contributed by atoms with Crippen LogP contribution in [0.25, 0.3) is 0 Å². The number of rotatable bonds is 4. The number of hydrogen-bond donors (Lipinski definition) is 2. The molecular weight excluding hydrogens is 306 g/mol. The van der Waals surface area contributed by atoms with E-state index >= 15 is 0 Å². The summed E-state index contributed by atoms with van der Waals surface area (Å²) in [7, 11) is 2.11. The number of carbonyl (C=O) groups is 1. The molecule has 3 heterocycles. The molecule has 1 saturated heterocycles. The number of amides is 1. The van der Waals surface area contributed by atoms with Gasteiger partial charge in [-0.15, -0.1) is 0 Å². The quantitative estimate of drug-likeness (QED) is 0.823. The lowest BCUT2D eigenvalue weighted by atomic mass is 10.2. The molecular formula is C16H21N7O. The molecule has 0 aromatic carbocycles. The summed E-state index contributed by atoms with van der Waals surface area (Å²) in [6, 6.07) is 3.85. The molecule has 3 N–H and O–H groups in total. The van der Waals surface area contributed by atoms with Gasteiger partial charge < -0.3 is 20.9 Å². The number of nitrogen functional groups attached to an aromatic ring is 1. The molecule has 0 saturated carbocycles. The summed E-state index contributed by atoms with van der Waals surface area (Å²) in [6.07, 6.45) is 4.68. The lowest BCUT2D eigenvalue weighted by molar-refractivity contribution is 0.0946. The summed E-state index contributed by atoms with van der Waals surface area (Å²) >= 11 is 0. The lowest BCUT2D eigenvalue weighted by Crippen LogP contribution is -2.45. The fraction of sp³-hybridized carbons (Fsp3) is 0.375. The second-order valence-corrected chi connectivity index (χ2v) is 5.75. The van der Waals surface area contributed by atoms with Gasteiger partial charge in [-0.25, -0.2) is 15.0 Å². The van der Waals surface area contributed by atoms with Crippen molar-refractivity contribution in [3.8, 4) is 0 Å². The van der Waals surface area contributed by atoms with E-state index in [2.05, 4.69) is 37.1 Å². The number of nitrogens with one attached hydrogen (secondary N) is 1. The van der Waals surface area contributed by atoms with E-state index in [0.717, 1.165) is 37.6 Å². The highest BCUT2D eigenvalue weighted by Crippen LogP contribution is 2.18. The first kappa shape index (κ1) is 16.1. The van der Waals surface area contributed by atoms with Crippen molar-refractivity contribution in [1.82, 2.24) is 25.2 Å². The Morgan fingerprint density at radius 2 is 1.92 bits per heavy atom. The summed E-state index contributed by atoms with van der Waals surface area (Å²) in [5, 5.41) is 2.85. The molecule has 1 amide bonds. The fourth-order valence-corrected chi connectivity index (χ4v) is 2.65. The van der Waals surface area contributed by atoms with Crippen LogP contribution >= 0.6 is 0 Å². The van der Waals surface area contributed by atoms with E-state index in [1.54, 1.807) is 6.20 Å². The first-order valence-electron chi connectivity index (χ1n) is 7.87. The standard InChI is InChI=1S/C16H21N7O/c1-22-7-9-23(10-8-22)15-12(3-2-4-20-15)11-21-16(24)13-14(17)19-6-5-18-13/h2-6H,7-11H2,1H3,(H2,17,19)(H,21,24). The Morgan fingerprint density at radius 1 is 1.17 bits per heavy atom. The van der Waals surface area contributed by atoms with Crippen molar-refractivity contribution in [3.63, 3.8) is 0 Å². The number of pyridine rings is 1. The second kappa shape index (κ2) is 7.22. The maximum absolute atomic E-state index is 12.2. The fourth-order valence-electron chi connectivity index (χ4n) is 2.65. The van der Waals surface area contributed by atoms with Gasteiger partial charge in [0.05, 0.1) is 0 Å². The Balaban J connectivity index is 1.70. The van der Waals surface area contributed by atoms with E-state index < -0.39 is 0 Å². The van der Waals surface area contributed by atoms with Crippen LogP contribution in [0.15, 0.2) is 30.7 Å². The Bertz CT molecular complexity index is 713. The van der Waals surface area contributed by atoms with Crippen molar-refractivity contribution < 1.29 is 4.79 Å². The van der Waals surface area contributed by atoms with Crippen molar-refractivity contribution in [3.05, 3.63) is 42.0 Å². The number of aromatic nitrogens is 3. The van der Waals surface area contributed by atoms with Crippen LogP contribution in [0.1, 0.15) is 16.1 Å². The van der Waals surface area contributed by atoms with Crippen molar-refractivity contribution in [2.45, 2.75) is 6.54 Å². The van der Waals surface area contributed by atoms with E-state index in [0.29, 0.717) is 6.54 Å². The molecule has 126 valence electrons. The number of hydrogen-bond acceptors (Lipinski definition) is 7. The maximum Gasteiger partial charge on any atom is 0.273 e. The van der Waals surface area contributed by atoms with Crippen LogP contribution in [0.3, 0.4) is 0 Å². The van der Waals surface area contributed by atoms with Crippen molar-refractivity contribution >= 4 is 17.5 Å². The molecule has 1 fully saturated rings. The minimum Gasteiger partial charge on any atom is -0.382 e. The summed E-state index contributed by atoms with van der Waals surface area (Å²) in [5.41, 5.74) is 6.80. The Hall–Kier alpha value is -2.74. The summed E-state index contributed by atoms with van der Waals surface area (Å²) in [6.45, 7) is 4.21. The minimum atomic E-state index is -0.339. The van der Waals surface area contributed by atoms with Crippen molar-refractivity contribution in [2.75, 3.05) is 43.9 Å². The molecule has 0 unspecified atom stereocenters. The molecule has 3 rings (SSSR count). The SMILES string of the molecule is CN1CCN(c2ncccc2CNC(=O)c2nccnc2N)CC1. The van der Waals surface area contributed by atoms with Gasteiger partial charge in [0, 0.05) is 56.9 Å². The first-order valence-corrected chi connectivity index (χ1v) is 7.87. The summed E-state index contributed by atoms with van der Waals surface area (Å²) in [4.78, 5) is 29.1. The van der Waals surface area contributed by atoms with Crippen LogP contribution in [0, 0.1) is 0 Å². The third-order valence-electron chi connectivity index (χ3n) is 4.05. The van der Waals surface area contributed by atoms with Gasteiger partial charge in [0.1, 0.15) is 5.82 Å². The molecule has 8 heteroatoms. The molecule has 2 aromatic rings. The van der Waals surface area contributed by atoms with E-state index in [9.17, 15) is 4.79 Å². The largest absolute Gasteiger partial charge is 0.382 e. The molecule has 0 radical (unpaired) electrons. The second-order valence-electron chi connectivity index (χ2n) is 5.75. The molecule has 0 atom stereocenters.